The minimum absolute atomic E-state index is 0.0306. The van der Waals surface area contributed by atoms with E-state index < -0.39 is 213 Å². The highest BCUT2D eigenvalue weighted by Crippen LogP contribution is 2.49. The van der Waals surface area contributed by atoms with E-state index in [4.69, 9.17) is 41.0 Å². The number of carbonyl (C=O) groups is 9. The number of hydrogen-bond donors (Lipinski definition) is 17. The predicted molar refractivity (Wildman–Crippen MR) is 358 cm³/mol. The molecule has 18 N–H and O–H groups in total. The molecule has 32 nitrogen and oxygen atoms in total. The highest BCUT2D eigenvalue weighted by Gasteiger charge is 2.47. The molecule has 0 spiro atoms. The number of aryl methyl sites for hydroxylation is 1. The van der Waals surface area contributed by atoms with E-state index in [9.17, 15) is 65.1 Å². The van der Waals surface area contributed by atoms with Crippen LogP contribution in [0, 0.1) is 12.8 Å². The molecule has 11 bridgehead atoms. The Hall–Kier alpha value is -10.1. The first kappa shape index (κ1) is 76.1. The summed E-state index contributed by atoms with van der Waals surface area (Å²) >= 11 is 7.04. The van der Waals surface area contributed by atoms with Crippen LogP contribution in [0.3, 0.4) is 0 Å². The molecule has 102 heavy (non-hydrogen) atoms. The number of nitrogens with one attached hydrogen (secondary N) is 7. The first-order chi connectivity index (χ1) is 47.7. The van der Waals surface area contributed by atoms with Gasteiger partial charge in [0.15, 0.2) is 11.5 Å². The monoisotopic (exact) mass is 1440 g/mol. The van der Waals surface area contributed by atoms with Crippen LogP contribution in [0.5, 0.6) is 46.0 Å². The molecule has 0 aromatic heterocycles. The van der Waals surface area contributed by atoms with Gasteiger partial charge in [0, 0.05) is 29.8 Å². The molecule has 5 aromatic carbocycles. The number of rotatable bonds is 11. The number of hydrogen-bond acceptors (Lipinski definition) is 23. The fraction of sp³-hybridized carbons (Fsp3) is 0.435. The fourth-order valence-electron chi connectivity index (χ4n) is 11.9. The van der Waals surface area contributed by atoms with Gasteiger partial charge in [-0.25, -0.2) is 4.79 Å². The zero-order chi connectivity index (χ0) is 75.0. The van der Waals surface area contributed by atoms with E-state index in [2.05, 4.69) is 37.2 Å². The van der Waals surface area contributed by atoms with E-state index in [0.717, 1.165) is 59.5 Å². The van der Waals surface area contributed by atoms with Crippen molar-refractivity contribution in [3.05, 3.63) is 117 Å². The predicted octanol–water partition coefficient (Wildman–Crippen LogP) is 2.00. The lowest BCUT2D eigenvalue weighted by atomic mass is 9.89. The fourth-order valence-corrected chi connectivity index (χ4v) is 12.1. The Labute approximate surface area is 588 Å². The summed E-state index contributed by atoms with van der Waals surface area (Å²) in [5.74, 6) is -14.7. The minimum Gasteiger partial charge on any atom is -0.508 e. The largest absolute Gasteiger partial charge is 0.508 e. The Morgan fingerprint density at radius 3 is 1.89 bits per heavy atom. The molecule has 0 aliphatic carbocycles. The lowest BCUT2D eigenvalue weighted by Crippen LogP contribution is -2.60. The zero-order valence-corrected chi connectivity index (χ0v) is 57.7. The molecule has 14 atom stereocenters. The highest BCUT2D eigenvalue weighted by molar-refractivity contribution is 6.32. The van der Waals surface area contributed by atoms with Crippen LogP contribution in [-0.2, 0) is 47.8 Å². The van der Waals surface area contributed by atoms with Gasteiger partial charge in [0.1, 0.15) is 113 Å². The maximum Gasteiger partial charge on any atom is 0.410 e. The average Bonchev–Trinajstić information content (AvgIpc) is 0.770. The van der Waals surface area contributed by atoms with Gasteiger partial charge in [0.25, 0.3) is 0 Å². The zero-order valence-electron chi connectivity index (χ0n) is 56.9. The molecular weight excluding hydrogens is 1360 g/mol. The summed E-state index contributed by atoms with van der Waals surface area (Å²) in [5.41, 5.74) is 1.64. The van der Waals surface area contributed by atoms with Crippen LogP contribution in [0.1, 0.15) is 132 Å². The second-order valence-electron chi connectivity index (χ2n) is 27.7. The number of aromatic hydroxyl groups is 3. The van der Waals surface area contributed by atoms with Gasteiger partial charge in [-0.3, -0.25) is 43.3 Å². The number of aliphatic hydroxyl groups excluding tert-OH is 6. The van der Waals surface area contributed by atoms with Crippen molar-refractivity contribution in [2.75, 3.05) is 13.7 Å². The smallest absolute Gasteiger partial charge is 0.410 e. The van der Waals surface area contributed by atoms with Gasteiger partial charge in [-0.15, -0.1) is 0 Å². The summed E-state index contributed by atoms with van der Waals surface area (Å²) in [6, 6.07) is 0.198. The molecule has 0 unspecified atom stereocenters. The molecule has 1 fully saturated rings. The van der Waals surface area contributed by atoms with Gasteiger partial charge >= 0.3 is 6.09 Å². The van der Waals surface area contributed by atoms with E-state index in [0.29, 0.717) is 0 Å². The number of likely N-dealkylation sites (N-methyl/N-ethyl adjacent to an activating group) is 1. The number of nitrogens with zero attached hydrogens (tertiary/aromatic N) is 1. The summed E-state index contributed by atoms with van der Waals surface area (Å²) in [7, 11) is 1.28. The third-order valence-corrected chi connectivity index (χ3v) is 17.2. The van der Waals surface area contributed by atoms with Crippen LogP contribution < -0.4 is 57.2 Å². The summed E-state index contributed by atoms with van der Waals surface area (Å²) in [6.07, 6.45) is -16.1. The van der Waals surface area contributed by atoms with Crippen molar-refractivity contribution < 1.29 is 113 Å². The molecule has 11 rings (SSSR count). The molecule has 5 aromatic rings. The Bertz CT molecular complexity index is 4120. The lowest BCUT2D eigenvalue weighted by Gasteiger charge is -2.39. The summed E-state index contributed by atoms with van der Waals surface area (Å²) < 4.78 is 30.9. The van der Waals surface area contributed by atoms with Gasteiger partial charge in [-0.1, -0.05) is 43.6 Å². The molecule has 6 aliphatic rings. The summed E-state index contributed by atoms with van der Waals surface area (Å²) in [4.78, 5) is 134. The van der Waals surface area contributed by atoms with Crippen molar-refractivity contribution in [1.82, 2.24) is 42.1 Å². The number of amides is 9. The van der Waals surface area contributed by atoms with Gasteiger partial charge in [-0.05, 0) is 149 Å². The van der Waals surface area contributed by atoms with Crippen LogP contribution in [0.4, 0.5) is 4.79 Å². The Balaban J connectivity index is 1.30. The van der Waals surface area contributed by atoms with E-state index in [1.54, 1.807) is 55.4 Å². The second-order valence-corrected chi connectivity index (χ2v) is 28.1. The molecule has 1 saturated heterocycles. The van der Waals surface area contributed by atoms with Gasteiger partial charge in [0.05, 0.1) is 18.1 Å². The maximum absolute atomic E-state index is 16.0. The number of halogens is 1. The number of primary amides is 1. The normalized spacial score (nSPS) is 24.9. The lowest BCUT2D eigenvalue weighted by molar-refractivity contribution is -0.277. The van der Waals surface area contributed by atoms with E-state index >= 15 is 24.0 Å². The molecule has 548 valence electrons. The van der Waals surface area contributed by atoms with Gasteiger partial charge < -0.3 is 113 Å². The van der Waals surface area contributed by atoms with Crippen LogP contribution in [0.15, 0.2) is 78.9 Å². The van der Waals surface area contributed by atoms with Crippen LogP contribution >= 0.6 is 11.6 Å². The maximum atomic E-state index is 16.0. The molecule has 0 saturated carbocycles. The SMILES string of the molecule is Cc1cc2ccc1Oc1cc3cc(c1O[C@@H]1O[C@H](CO)[C@@H](O)[C@H](O)[C@H]1O)Oc1ccc(cc1Cl)[C@@H](O)[C@@H]1NC(=O)[C@H](NC(=O)[C@@H]3NC(=O)[C@H](CC(N)=O)NC(=O)[C@H](NC(=O)[C@@H](CC(C)C)N(C)C(=O)OC(C)(C)C)[C@@H]2O)c2ccc(O)c(c2)-c2c(O)cc(O)cc2[C@@H](C(=O)NC(C)(C)C)NC1=O. The standard InChI is InChI=1S/C69H82ClN9O23/c1-27(2)17-38(79(10)67(97)102-69(7,8)9)60(91)76-51-53(85)30-12-15-41(28(3)18-30)98-43-21-32-22-44(58(43)101-66-57(89)56(88)55(87)45(26-80)100-66)99-42-16-13-31(20-36(42)70)54(86)52-64(95)75-50(65(96)78-68(4,5)6)35-23-33(81)24-40(83)47(35)34-19-29(11-14-39(34)82)48(61(92)77-52)74-62(93)49(32)73-59(90)37(25-46(71)84)72-63(51)94/h11-16,18-24,27,37-38,45,48-57,66,80-83,85-89H,17,25-26H2,1-10H3,(H2,71,84)(H,72,94)(H,73,90)(H,74,93)(H,75,95)(H,76,91)(H,77,92)(H,78,96)/t37-,38+,45+,48+,49+,50-,51+,52-,53+,54+,55+,56-,57+,66-/m0/s1. The highest BCUT2D eigenvalue weighted by atomic mass is 35.5. The third kappa shape index (κ3) is 16.9. The number of ether oxygens (including phenoxy) is 5. The Kier molecular flexibility index (Phi) is 22.6. The minimum atomic E-state index is -2.32. The molecule has 9 amide bonds. The first-order valence-corrected chi connectivity index (χ1v) is 32.6. The van der Waals surface area contributed by atoms with E-state index in [-0.39, 0.29) is 57.2 Å². The number of carbonyl (C=O) groups excluding carboxylic acids is 9. The molecule has 33 heteroatoms. The quantitative estimate of drug-likeness (QED) is 0.0899. The Morgan fingerprint density at radius 2 is 1.28 bits per heavy atom. The summed E-state index contributed by atoms with van der Waals surface area (Å²) in [5, 5.41) is 120. The van der Waals surface area contributed by atoms with Crippen molar-refractivity contribution in [2.24, 2.45) is 11.7 Å². The van der Waals surface area contributed by atoms with Crippen molar-refractivity contribution in [3.63, 3.8) is 0 Å². The van der Waals surface area contributed by atoms with Gasteiger partial charge in [-0.2, -0.15) is 0 Å². The molecule has 6 aliphatic heterocycles. The number of phenols is 3. The van der Waals surface area contributed by atoms with Crippen LogP contribution in [0.2, 0.25) is 5.02 Å². The number of nitrogens with two attached hydrogens (primary N) is 1. The molecular formula is C69H82ClN9O23. The van der Waals surface area contributed by atoms with Crippen molar-refractivity contribution in [1.29, 1.82) is 0 Å². The first-order valence-electron chi connectivity index (χ1n) is 32.3. The van der Waals surface area contributed by atoms with E-state index in [1.807, 2.05) is 0 Å². The van der Waals surface area contributed by atoms with Crippen molar-refractivity contribution in [3.8, 4) is 57.1 Å². The number of aliphatic hydroxyl groups is 6. The van der Waals surface area contributed by atoms with E-state index in [1.165, 1.54) is 38.2 Å². The third-order valence-electron chi connectivity index (χ3n) is 16.9. The van der Waals surface area contributed by atoms with Gasteiger partial charge in [0.2, 0.25) is 59.3 Å². The number of phenolic OH excluding ortho intramolecular Hbond substituents is 3. The second kappa shape index (κ2) is 30.3. The molecule has 0 radical (unpaired) electrons. The number of benzene rings is 5. The average molecular weight is 1440 g/mol. The Morgan fingerprint density at radius 1 is 0.676 bits per heavy atom. The number of fused-ring (bicyclic) bond motifs is 15. The summed E-state index contributed by atoms with van der Waals surface area (Å²) in [6.45, 7) is 13.6. The van der Waals surface area contributed by atoms with Crippen LogP contribution in [0.25, 0.3) is 11.1 Å². The topological polar surface area (TPSA) is 495 Å². The van der Waals surface area contributed by atoms with Crippen molar-refractivity contribution in [2.45, 2.75) is 172 Å². The molecule has 6 heterocycles. The van der Waals surface area contributed by atoms with Crippen LogP contribution in [-0.4, -0.2) is 184 Å². The van der Waals surface area contributed by atoms with Crippen molar-refractivity contribution >= 4 is 65.0 Å².